The fraction of sp³-hybridized carbons (Fsp3) is 0.351. The van der Waals surface area contributed by atoms with E-state index in [-0.39, 0.29) is 36.0 Å². The number of methoxy groups -OCH3 is 2. The lowest BCUT2D eigenvalue weighted by molar-refractivity contribution is -0.131. The van der Waals surface area contributed by atoms with E-state index in [2.05, 4.69) is 37.1 Å². The normalized spacial score (nSPS) is 14.9. The van der Waals surface area contributed by atoms with Gasteiger partial charge in [0.05, 0.1) is 32.5 Å². The molecule has 1 aromatic carbocycles. The van der Waals surface area contributed by atoms with Crippen LogP contribution in [0.5, 0.6) is 11.5 Å². The molecule has 2 amide bonds. The number of hydrogen-bond acceptors (Lipinski definition) is 9. The standard InChI is InChI=1S/C37H40FN9O4/c1-4-24-18-32(51-3)36(40-21-24)44-14-16-45(17-15-44)37(49)30-20-28-27(29-22-39-9-7-31(29)50-2)19-26(34(38)35(28)42-30)25-6-5-11-46(23-25)33(48)8-12-47-13-10-41-43-47/h6-7,9-10,13,18-22,42H,4-5,8,11-12,14-17,23H2,1-3H3. The van der Waals surface area contributed by atoms with Crippen molar-refractivity contribution in [2.24, 2.45) is 0 Å². The molecule has 7 rings (SSSR count). The van der Waals surface area contributed by atoms with Gasteiger partial charge in [0.25, 0.3) is 5.91 Å². The lowest BCUT2D eigenvalue weighted by Gasteiger charge is -2.35. The van der Waals surface area contributed by atoms with E-state index in [9.17, 15) is 9.59 Å². The molecule has 2 aliphatic rings. The Bertz CT molecular complexity index is 2090. The molecule has 6 heterocycles. The summed E-state index contributed by atoms with van der Waals surface area (Å²) in [5, 5.41) is 8.27. The molecule has 0 atom stereocenters. The second kappa shape index (κ2) is 14.6. The van der Waals surface area contributed by atoms with Crippen LogP contribution < -0.4 is 14.4 Å². The van der Waals surface area contributed by atoms with E-state index in [0.29, 0.717) is 84.8 Å². The first kappa shape index (κ1) is 33.7. The van der Waals surface area contributed by atoms with Crippen LogP contribution in [0.4, 0.5) is 10.2 Å². The Labute approximate surface area is 294 Å². The van der Waals surface area contributed by atoms with Gasteiger partial charge in [-0.15, -0.1) is 5.10 Å². The van der Waals surface area contributed by atoms with Gasteiger partial charge in [-0.1, -0.05) is 18.2 Å². The summed E-state index contributed by atoms with van der Waals surface area (Å²) in [5.41, 5.74) is 3.93. The van der Waals surface area contributed by atoms with E-state index in [1.807, 2.05) is 18.3 Å². The molecule has 0 bridgehead atoms. The van der Waals surface area contributed by atoms with E-state index in [4.69, 9.17) is 9.47 Å². The van der Waals surface area contributed by atoms with Crippen molar-refractivity contribution >= 4 is 34.1 Å². The van der Waals surface area contributed by atoms with Gasteiger partial charge in [0.2, 0.25) is 5.91 Å². The summed E-state index contributed by atoms with van der Waals surface area (Å²) < 4.78 is 29.6. The first-order valence-corrected chi connectivity index (χ1v) is 17.1. The van der Waals surface area contributed by atoms with Crippen LogP contribution in [0.15, 0.2) is 61.3 Å². The second-order valence-corrected chi connectivity index (χ2v) is 12.6. The molecule has 1 N–H and O–H groups in total. The van der Waals surface area contributed by atoms with E-state index < -0.39 is 5.82 Å². The number of aromatic amines is 1. The zero-order valence-corrected chi connectivity index (χ0v) is 28.9. The highest BCUT2D eigenvalue weighted by molar-refractivity contribution is 6.05. The molecule has 13 nitrogen and oxygen atoms in total. The summed E-state index contributed by atoms with van der Waals surface area (Å²) in [7, 11) is 3.21. The van der Waals surface area contributed by atoms with Gasteiger partial charge in [0.15, 0.2) is 17.4 Å². The Morgan fingerprint density at radius 1 is 0.941 bits per heavy atom. The molecule has 5 aromatic rings. The predicted octanol–water partition coefficient (Wildman–Crippen LogP) is 4.60. The van der Waals surface area contributed by atoms with Crippen molar-refractivity contribution in [1.29, 1.82) is 0 Å². The zero-order valence-electron chi connectivity index (χ0n) is 28.9. The maximum atomic E-state index is 16.7. The van der Waals surface area contributed by atoms with Crippen molar-refractivity contribution < 1.29 is 23.5 Å². The smallest absolute Gasteiger partial charge is 0.270 e. The number of piperazine rings is 1. The van der Waals surface area contributed by atoms with Crippen LogP contribution in [0.3, 0.4) is 0 Å². The van der Waals surface area contributed by atoms with Gasteiger partial charge in [-0.2, -0.15) is 0 Å². The van der Waals surface area contributed by atoms with Gasteiger partial charge in [0, 0.05) is 87.0 Å². The summed E-state index contributed by atoms with van der Waals surface area (Å²) in [6.07, 6.45) is 12.1. The number of amides is 2. The Hall–Kier alpha value is -5.79. The molecule has 0 spiro atoms. The highest BCUT2D eigenvalue weighted by Crippen LogP contribution is 2.40. The maximum Gasteiger partial charge on any atom is 0.270 e. The Balaban J connectivity index is 1.18. The second-order valence-electron chi connectivity index (χ2n) is 12.6. The van der Waals surface area contributed by atoms with Crippen LogP contribution in [0.2, 0.25) is 0 Å². The molecule has 14 heteroatoms. The lowest BCUT2D eigenvalue weighted by Crippen LogP contribution is -2.49. The molecular formula is C37H40FN9O4. The molecule has 0 aliphatic carbocycles. The highest BCUT2D eigenvalue weighted by Gasteiger charge is 2.29. The largest absolute Gasteiger partial charge is 0.496 e. The third kappa shape index (κ3) is 6.73. The van der Waals surface area contributed by atoms with Crippen LogP contribution in [0.25, 0.3) is 27.6 Å². The average molecular weight is 694 g/mol. The summed E-state index contributed by atoms with van der Waals surface area (Å²) in [4.78, 5) is 44.9. The minimum Gasteiger partial charge on any atom is -0.496 e. The number of halogens is 1. The number of aryl methyl sites for hydroxylation is 2. The zero-order chi connectivity index (χ0) is 35.5. The summed E-state index contributed by atoms with van der Waals surface area (Å²) in [5.74, 6) is 1.27. The molecule has 4 aromatic heterocycles. The van der Waals surface area contributed by atoms with Crippen LogP contribution in [-0.4, -0.2) is 105 Å². The average Bonchev–Trinajstić information content (AvgIpc) is 3.88. The van der Waals surface area contributed by atoms with Crippen molar-refractivity contribution in [2.75, 3.05) is 58.4 Å². The van der Waals surface area contributed by atoms with Crippen molar-refractivity contribution in [1.82, 2.24) is 39.7 Å². The maximum absolute atomic E-state index is 16.7. The summed E-state index contributed by atoms with van der Waals surface area (Å²) in [6.45, 7) is 5.32. The summed E-state index contributed by atoms with van der Waals surface area (Å²) >= 11 is 0. The van der Waals surface area contributed by atoms with Crippen molar-refractivity contribution in [3.63, 3.8) is 0 Å². The summed E-state index contributed by atoms with van der Waals surface area (Å²) in [6, 6.07) is 7.23. The van der Waals surface area contributed by atoms with Gasteiger partial charge in [-0.25, -0.2) is 9.37 Å². The fourth-order valence-corrected chi connectivity index (χ4v) is 6.82. The number of aromatic nitrogens is 6. The number of carbonyl (C=O) groups excluding carboxylic acids is 2. The third-order valence-corrected chi connectivity index (χ3v) is 9.63. The number of benzene rings is 1. The minimum absolute atomic E-state index is 0.0493. The number of hydrogen-bond donors (Lipinski definition) is 1. The number of rotatable bonds is 10. The van der Waals surface area contributed by atoms with E-state index in [1.54, 1.807) is 71.7 Å². The Morgan fingerprint density at radius 3 is 2.51 bits per heavy atom. The topological polar surface area (TPSA) is 135 Å². The number of nitrogens with zero attached hydrogens (tertiary/aromatic N) is 8. The number of fused-ring (bicyclic) bond motifs is 1. The third-order valence-electron chi connectivity index (χ3n) is 9.63. The van der Waals surface area contributed by atoms with Crippen LogP contribution >= 0.6 is 0 Å². The van der Waals surface area contributed by atoms with E-state index in [1.165, 1.54) is 0 Å². The van der Waals surface area contributed by atoms with Crippen molar-refractivity contribution in [3.8, 4) is 22.6 Å². The number of H-pyrrole nitrogens is 1. The van der Waals surface area contributed by atoms with Crippen molar-refractivity contribution in [2.45, 2.75) is 32.7 Å². The lowest BCUT2D eigenvalue weighted by atomic mass is 9.93. The SMILES string of the molecule is CCc1cnc(N2CCN(C(=O)c3cc4c(-c5cnccc5OC)cc(C5=CCCN(C(=O)CCn6ccnn6)C5)c(F)c4[nH]3)CC2)c(OC)c1. The molecule has 1 saturated heterocycles. The molecule has 2 aliphatic heterocycles. The first-order valence-electron chi connectivity index (χ1n) is 17.1. The number of anilines is 1. The van der Waals surface area contributed by atoms with Gasteiger partial charge in [0.1, 0.15) is 11.4 Å². The number of pyridine rings is 2. The van der Waals surface area contributed by atoms with Crippen LogP contribution in [0.1, 0.15) is 41.4 Å². The monoisotopic (exact) mass is 693 g/mol. The van der Waals surface area contributed by atoms with Crippen LogP contribution in [0, 0.1) is 5.82 Å². The van der Waals surface area contributed by atoms with Crippen LogP contribution in [-0.2, 0) is 17.8 Å². The molecule has 0 radical (unpaired) electrons. The van der Waals surface area contributed by atoms with Crippen molar-refractivity contribution in [3.05, 3.63) is 84.0 Å². The van der Waals surface area contributed by atoms with E-state index >= 15 is 4.39 Å². The van der Waals surface area contributed by atoms with Gasteiger partial charge in [-0.3, -0.25) is 19.3 Å². The number of ether oxygens (including phenoxy) is 2. The van der Waals surface area contributed by atoms with Gasteiger partial charge in [-0.05, 0) is 53.8 Å². The molecular weight excluding hydrogens is 653 g/mol. The fourth-order valence-electron chi connectivity index (χ4n) is 6.82. The molecule has 0 saturated carbocycles. The minimum atomic E-state index is -0.489. The predicted molar refractivity (Wildman–Crippen MR) is 190 cm³/mol. The number of nitrogens with one attached hydrogen (secondary N) is 1. The molecule has 264 valence electrons. The molecule has 1 fully saturated rings. The quantitative estimate of drug-likeness (QED) is 0.223. The Kier molecular flexibility index (Phi) is 9.64. The highest BCUT2D eigenvalue weighted by atomic mass is 19.1. The Morgan fingerprint density at radius 2 is 1.76 bits per heavy atom. The molecule has 0 unspecified atom stereocenters. The van der Waals surface area contributed by atoms with Gasteiger partial charge >= 0.3 is 0 Å². The first-order chi connectivity index (χ1) is 24.9. The molecule has 51 heavy (non-hydrogen) atoms. The van der Waals surface area contributed by atoms with Gasteiger partial charge < -0.3 is 29.2 Å². The number of carbonyl (C=O) groups is 2. The van der Waals surface area contributed by atoms with E-state index in [0.717, 1.165) is 17.8 Å².